The first-order chi connectivity index (χ1) is 10.0. The van der Waals surface area contributed by atoms with Crippen LogP contribution in [0.4, 0.5) is 5.13 Å². The zero-order chi connectivity index (χ0) is 15.0. The number of aromatic nitrogens is 4. The van der Waals surface area contributed by atoms with Gasteiger partial charge in [0.2, 0.25) is 5.13 Å². The Bertz CT molecular complexity index is 734. The van der Waals surface area contributed by atoms with Crippen molar-refractivity contribution in [2.45, 2.75) is 38.6 Å². The molecule has 7 nitrogen and oxygen atoms in total. The molecule has 2 aromatic rings. The Morgan fingerprint density at radius 3 is 2.81 bits per heavy atom. The quantitative estimate of drug-likeness (QED) is 0.924. The van der Waals surface area contributed by atoms with Crippen LogP contribution in [0, 0.1) is 6.92 Å². The summed E-state index contributed by atoms with van der Waals surface area (Å²) in [6.45, 7) is 3.45. The van der Waals surface area contributed by atoms with Gasteiger partial charge in [0, 0.05) is 12.0 Å². The van der Waals surface area contributed by atoms with Gasteiger partial charge in [-0.15, -0.1) is 10.2 Å². The molecule has 8 heteroatoms. The predicted molar refractivity (Wildman–Crippen MR) is 78.5 cm³/mol. The summed E-state index contributed by atoms with van der Waals surface area (Å²) < 4.78 is 1.23. The Balaban J connectivity index is 1.80. The SMILES string of the molecule is Cc1nnc(NC(=O)C(C)n2nc(C3CC3)ccc2=O)s1. The highest BCUT2D eigenvalue weighted by Gasteiger charge is 2.27. The molecule has 0 radical (unpaired) electrons. The molecular formula is C13H15N5O2S. The average molecular weight is 305 g/mol. The van der Waals surface area contributed by atoms with E-state index in [1.807, 2.05) is 6.92 Å². The minimum Gasteiger partial charge on any atom is -0.299 e. The van der Waals surface area contributed by atoms with E-state index in [1.54, 1.807) is 13.0 Å². The van der Waals surface area contributed by atoms with Crippen molar-refractivity contribution < 1.29 is 4.79 Å². The van der Waals surface area contributed by atoms with Crippen LogP contribution in [0.25, 0.3) is 0 Å². The fourth-order valence-corrected chi connectivity index (χ4v) is 2.58. The number of rotatable bonds is 4. The van der Waals surface area contributed by atoms with E-state index in [4.69, 9.17) is 0 Å². The first-order valence-electron chi connectivity index (χ1n) is 6.75. The normalized spacial score (nSPS) is 15.7. The van der Waals surface area contributed by atoms with Crippen molar-refractivity contribution in [3.63, 3.8) is 0 Å². The van der Waals surface area contributed by atoms with Crippen LogP contribution in [0.2, 0.25) is 0 Å². The highest BCUT2D eigenvalue weighted by Crippen LogP contribution is 2.38. The Morgan fingerprint density at radius 2 is 2.19 bits per heavy atom. The molecule has 0 aliphatic heterocycles. The fourth-order valence-electron chi connectivity index (χ4n) is 1.98. The number of amides is 1. The molecule has 1 saturated carbocycles. The maximum atomic E-state index is 12.2. The molecule has 1 amide bonds. The minimum absolute atomic E-state index is 0.282. The number of carbonyl (C=O) groups is 1. The fraction of sp³-hybridized carbons (Fsp3) is 0.462. The van der Waals surface area contributed by atoms with Crippen molar-refractivity contribution in [2.24, 2.45) is 0 Å². The van der Waals surface area contributed by atoms with Crippen LogP contribution in [0.15, 0.2) is 16.9 Å². The molecule has 1 atom stereocenters. The zero-order valence-electron chi connectivity index (χ0n) is 11.7. The summed E-state index contributed by atoms with van der Waals surface area (Å²) in [7, 11) is 0. The van der Waals surface area contributed by atoms with E-state index in [0.29, 0.717) is 11.0 Å². The third-order valence-corrected chi connectivity index (χ3v) is 4.10. The number of hydrogen-bond donors (Lipinski definition) is 1. The zero-order valence-corrected chi connectivity index (χ0v) is 12.6. The molecule has 2 heterocycles. The third-order valence-electron chi connectivity index (χ3n) is 3.34. The molecule has 0 bridgehead atoms. The second kappa shape index (κ2) is 5.36. The van der Waals surface area contributed by atoms with Crippen molar-refractivity contribution in [1.29, 1.82) is 0 Å². The van der Waals surface area contributed by atoms with Gasteiger partial charge in [-0.05, 0) is 32.8 Å². The van der Waals surface area contributed by atoms with Crippen molar-refractivity contribution in [3.8, 4) is 0 Å². The summed E-state index contributed by atoms with van der Waals surface area (Å²) in [5.41, 5.74) is 0.594. The third kappa shape index (κ3) is 2.99. The predicted octanol–water partition coefficient (Wildman–Crippen LogP) is 1.48. The molecule has 1 aliphatic rings. The Morgan fingerprint density at radius 1 is 1.43 bits per heavy atom. The summed E-state index contributed by atoms with van der Waals surface area (Å²) in [6.07, 6.45) is 2.19. The molecular weight excluding hydrogens is 290 g/mol. The maximum Gasteiger partial charge on any atom is 0.267 e. The van der Waals surface area contributed by atoms with Crippen molar-refractivity contribution in [1.82, 2.24) is 20.0 Å². The van der Waals surface area contributed by atoms with E-state index in [0.717, 1.165) is 23.5 Å². The van der Waals surface area contributed by atoms with Gasteiger partial charge in [-0.3, -0.25) is 14.9 Å². The van der Waals surface area contributed by atoms with Crippen LogP contribution >= 0.6 is 11.3 Å². The number of anilines is 1. The molecule has 0 spiro atoms. The van der Waals surface area contributed by atoms with Gasteiger partial charge in [0.05, 0.1) is 5.69 Å². The van der Waals surface area contributed by atoms with Gasteiger partial charge in [-0.2, -0.15) is 5.10 Å². The Kier molecular flexibility index (Phi) is 3.54. The number of aryl methyl sites for hydroxylation is 1. The van der Waals surface area contributed by atoms with Crippen molar-refractivity contribution in [3.05, 3.63) is 33.2 Å². The minimum atomic E-state index is -0.694. The van der Waals surface area contributed by atoms with Gasteiger partial charge in [0.1, 0.15) is 11.0 Å². The lowest BCUT2D eigenvalue weighted by molar-refractivity contribution is -0.119. The molecule has 0 saturated heterocycles. The van der Waals surface area contributed by atoms with E-state index in [2.05, 4.69) is 20.6 Å². The lowest BCUT2D eigenvalue weighted by Crippen LogP contribution is -2.33. The summed E-state index contributed by atoms with van der Waals surface area (Å²) in [6, 6.07) is 2.52. The van der Waals surface area contributed by atoms with Gasteiger partial charge in [-0.25, -0.2) is 4.68 Å². The number of carbonyl (C=O) groups excluding carboxylic acids is 1. The highest BCUT2D eigenvalue weighted by atomic mass is 32.1. The summed E-state index contributed by atoms with van der Waals surface area (Å²) in [4.78, 5) is 24.1. The first kappa shape index (κ1) is 13.9. The number of nitrogens with one attached hydrogen (secondary N) is 1. The van der Waals surface area contributed by atoms with Crippen LogP contribution in [0.5, 0.6) is 0 Å². The lowest BCUT2D eigenvalue weighted by Gasteiger charge is -2.13. The van der Waals surface area contributed by atoms with Crippen LogP contribution in [0.1, 0.15) is 42.4 Å². The number of nitrogens with zero attached hydrogens (tertiary/aromatic N) is 4. The van der Waals surface area contributed by atoms with Gasteiger partial charge in [0.25, 0.3) is 11.5 Å². The standard InChI is InChI=1S/C13H15N5O2S/c1-7(12(20)14-13-16-15-8(2)21-13)18-11(19)6-5-10(17-18)9-3-4-9/h5-7,9H,3-4H2,1-2H3,(H,14,16,20). The largest absolute Gasteiger partial charge is 0.299 e. The van der Waals surface area contributed by atoms with Gasteiger partial charge < -0.3 is 0 Å². The van der Waals surface area contributed by atoms with Crippen molar-refractivity contribution in [2.75, 3.05) is 5.32 Å². The van der Waals surface area contributed by atoms with E-state index in [9.17, 15) is 9.59 Å². The molecule has 0 aromatic carbocycles. The average Bonchev–Trinajstić information content (AvgIpc) is 3.22. The van der Waals surface area contributed by atoms with Crippen LogP contribution in [-0.2, 0) is 4.79 Å². The van der Waals surface area contributed by atoms with Crippen LogP contribution in [-0.4, -0.2) is 25.9 Å². The molecule has 21 heavy (non-hydrogen) atoms. The first-order valence-corrected chi connectivity index (χ1v) is 7.57. The van der Waals surface area contributed by atoms with Crippen molar-refractivity contribution >= 4 is 22.4 Å². The smallest absolute Gasteiger partial charge is 0.267 e. The summed E-state index contributed by atoms with van der Waals surface area (Å²) in [5, 5.41) is 15.8. The topological polar surface area (TPSA) is 89.8 Å². The monoisotopic (exact) mass is 305 g/mol. The molecule has 1 N–H and O–H groups in total. The van der Waals surface area contributed by atoms with Gasteiger partial charge >= 0.3 is 0 Å². The second-order valence-electron chi connectivity index (χ2n) is 5.11. The second-order valence-corrected chi connectivity index (χ2v) is 6.29. The lowest BCUT2D eigenvalue weighted by atomic mass is 10.2. The Labute approximate surface area is 125 Å². The summed E-state index contributed by atoms with van der Waals surface area (Å²) in [5.74, 6) is 0.103. The van der Waals surface area contributed by atoms with E-state index in [1.165, 1.54) is 22.1 Å². The van der Waals surface area contributed by atoms with Crippen LogP contribution in [0.3, 0.4) is 0 Å². The highest BCUT2D eigenvalue weighted by molar-refractivity contribution is 7.15. The van der Waals surface area contributed by atoms with Gasteiger partial charge in [-0.1, -0.05) is 11.3 Å². The molecule has 1 aliphatic carbocycles. The molecule has 1 fully saturated rings. The molecule has 2 aromatic heterocycles. The maximum absolute atomic E-state index is 12.2. The summed E-state index contributed by atoms with van der Waals surface area (Å²) >= 11 is 1.29. The van der Waals surface area contributed by atoms with E-state index in [-0.39, 0.29) is 11.5 Å². The van der Waals surface area contributed by atoms with E-state index >= 15 is 0 Å². The Hall–Kier alpha value is -2.09. The molecule has 1 unspecified atom stereocenters. The molecule has 110 valence electrons. The van der Waals surface area contributed by atoms with Crippen LogP contribution < -0.4 is 10.9 Å². The number of hydrogen-bond acceptors (Lipinski definition) is 6. The molecule has 3 rings (SSSR count). The van der Waals surface area contributed by atoms with E-state index < -0.39 is 6.04 Å². The van der Waals surface area contributed by atoms with Gasteiger partial charge in [0.15, 0.2) is 0 Å².